The number of furan rings is 1. The van der Waals surface area contributed by atoms with Crippen LogP contribution < -0.4 is 10.6 Å². The lowest BCUT2D eigenvalue weighted by atomic mass is 9.81. The molecule has 1 amide bonds. The van der Waals surface area contributed by atoms with E-state index < -0.39 is 0 Å². The molecule has 2 aromatic carbocycles. The molecule has 32 heavy (non-hydrogen) atoms. The first-order chi connectivity index (χ1) is 15.7. The maximum atomic E-state index is 12.8. The lowest BCUT2D eigenvalue weighted by molar-refractivity contribution is 0.0921. The third kappa shape index (κ3) is 4.28. The molecule has 5 rings (SSSR count). The summed E-state index contributed by atoms with van der Waals surface area (Å²) in [7, 11) is 0. The van der Waals surface area contributed by atoms with Gasteiger partial charge in [0.25, 0.3) is 5.91 Å². The summed E-state index contributed by atoms with van der Waals surface area (Å²) < 4.78 is 5.52. The van der Waals surface area contributed by atoms with Gasteiger partial charge in [-0.3, -0.25) is 4.79 Å². The Morgan fingerprint density at radius 2 is 1.97 bits per heavy atom. The summed E-state index contributed by atoms with van der Waals surface area (Å²) in [5.74, 6) is 0.682. The summed E-state index contributed by atoms with van der Waals surface area (Å²) in [6, 6.07) is 16.7. The number of carbonyl (C=O) groups is 1. The smallest absolute Gasteiger partial charge is 0.255 e. The highest BCUT2D eigenvalue weighted by Gasteiger charge is 2.26. The number of benzene rings is 2. The number of amides is 1. The van der Waals surface area contributed by atoms with E-state index in [1.54, 1.807) is 6.26 Å². The fraction of sp³-hybridized carbons (Fsp3) is 0.407. The van der Waals surface area contributed by atoms with E-state index in [1.165, 1.54) is 17.5 Å². The second kappa shape index (κ2) is 9.18. The Morgan fingerprint density at radius 3 is 2.81 bits per heavy atom. The van der Waals surface area contributed by atoms with Gasteiger partial charge < -0.3 is 15.1 Å². The van der Waals surface area contributed by atoms with E-state index in [9.17, 15) is 4.79 Å². The van der Waals surface area contributed by atoms with E-state index in [2.05, 4.69) is 28.8 Å². The van der Waals surface area contributed by atoms with Gasteiger partial charge in [0.05, 0.1) is 17.2 Å². The molecule has 1 atom stereocenters. The first kappa shape index (κ1) is 20.8. The molecule has 0 radical (unpaired) electrons. The van der Waals surface area contributed by atoms with Crippen molar-refractivity contribution >= 4 is 16.9 Å². The van der Waals surface area contributed by atoms with Crippen molar-refractivity contribution in [2.24, 2.45) is 5.92 Å². The largest absolute Gasteiger partial charge is 0.463 e. The predicted molar refractivity (Wildman–Crippen MR) is 124 cm³/mol. The second-order valence-corrected chi connectivity index (χ2v) is 9.20. The number of fused-ring (bicyclic) bond motifs is 2. The number of rotatable bonds is 5. The zero-order valence-electron chi connectivity index (χ0n) is 18.3. The maximum absolute atomic E-state index is 12.8. The van der Waals surface area contributed by atoms with Gasteiger partial charge in [-0.15, -0.1) is 0 Å². The van der Waals surface area contributed by atoms with Crippen LogP contribution in [0.2, 0.25) is 0 Å². The predicted octanol–water partition coefficient (Wildman–Crippen LogP) is 5.26. The van der Waals surface area contributed by atoms with Crippen molar-refractivity contribution in [3.63, 3.8) is 0 Å². The maximum Gasteiger partial charge on any atom is 0.255 e. The molecule has 0 saturated heterocycles. The number of nitrogens with one attached hydrogen (secondary N) is 2. The van der Waals surface area contributed by atoms with Crippen LogP contribution in [0.5, 0.6) is 0 Å². The SMILES string of the molecule is N#Cc1ccc2c(c1)CCNC2CCC1CCC(NC(=O)c2coc3ccccc23)CC1. The molecular weight excluding hydrogens is 398 g/mol. The molecule has 1 unspecified atom stereocenters. The fourth-order valence-corrected chi connectivity index (χ4v) is 5.39. The van der Waals surface area contributed by atoms with Crippen molar-refractivity contribution in [3.8, 4) is 6.07 Å². The third-order valence-corrected chi connectivity index (χ3v) is 7.20. The van der Waals surface area contributed by atoms with Gasteiger partial charge in [-0.25, -0.2) is 0 Å². The quantitative estimate of drug-likeness (QED) is 0.582. The van der Waals surface area contributed by atoms with E-state index >= 15 is 0 Å². The molecule has 1 aliphatic carbocycles. The number of carbonyl (C=O) groups excluding carboxylic acids is 1. The van der Waals surface area contributed by atoms with Crippen LogP contribution in [0.15, 0.2) is 53.1 Å². The van der Waals surface area contributed by atoms with E-state index in [1.807, 2.05) is 30.3 Å². The van der Waals surface area contributed by atoms with Gasteiger partial charge in [0.15, 0.2) is 0 Å². The third-order valence-electron chi connectivity index (χ3n) is 7.20. The molecule has 1 fully saturated rings. The van der Waals surface area contributed by atoms with Crippen molar-refractivity contribution < 1.29 is 9.21 Å². The van der Waals surface area contributed by atoms with Crippen LogP contribution in [0.1, 0.15) is 71.6 Å². The minimum absolute atomic E-state index is 0.0295. The average molecular weight is 428 g/mol. The van der Waals surface area contributed by atoms with Crippen LogP contribution in [0.4, 0.5) is 0 Å². The summed E-state index contributed by atoms with van der Waals surface area (Å²) in [5.41, 5.74) is 4.83. The summed E-state index contributed by atoms with van der Waals surface area (Å²) in [6.45, 7) is 0.980. The second-order valence-electron chi connectivity index (χ2n) is 9.20. The fourth-order valence-electron chi connectivity index (χ4n) is 5.39. The Balaban J connectivity index is 1.12. The molecule has 0 spiro atoms. The van der Waals surface area contributed by atoms with E-state index in [0.717, 1.165) is 61.6 Å². The number of hydrogen-bond acceptors (Lipinski definition) is 4. The molecular formula is C27H29N3O2. The first-order valence-corrected chi connectivity index (χ1v) is 11.7. The molecule has 0 bridgehead atoms. The Hall–Kier alpha value is -3.10. The molecule has 2 aliphatic rings. The molecule has 1 aliphatic heterocycles. The molecule has 3 aromatic rings. The van der Waals surface area contributed by atoms with Crippen LogP contribution in [-0.4, -0.2) is 18.5 Å². The Bertz CT molecular complexity index is 1150. The van der Waals surface area contributed by atoms with Crippen LogP contribution in [0.25, 0.3) is 11.0 Å². The summed E-state index contributed by atoms with van der Waals surface area (Å²) >= 11 is 0. The molecule has 5 nitrogen and oxygen atoms in total. The molecule has 5 heteroatoms. The normalized spacial score (nSPS) is 22.8. The molecule has 1 saturated carbocycles. The highest BCUT2D eigenvalue weighted by molar-refractivity contribution is 6.05. The lowest BCUT2D eigenvalue weighted by Gasteiger charge is -2.32. The minimum Gasteiger partial charge on any atom is -0.463 e. The van der Waals surface area contributed by atoms with Gasteiger partial charge in [0, 0.05) is 17.5 Å². The van der Waals surface area contributed by atoms with E-state index in [4.69, 9.17) is 9.68 Å². The number of nitrogens with zero attached hydrogens (tertiary/aromatic N) is 1. The number of nitriles is 1. The zero-order valence-corrected chi connectivity index (χ0v) is 18.3. The van der Waals surface area contributed by atoms with Crippen molar-refractivity contribution in [2.75, 3.05) is 6.54 Å². The van der Waals surface area contributed by atoms with Crippen LogP contribution in [-0.2, 0) is 6.42 Å². The van der Waals surface area contributed by atoms with E-state index in [0.29, 0.717) is 17.5 Å². The van der Waals surface area contributed by atoms with Gasteiger partial charge in [0.2, 0.25) is 0 Å². The number of hydrogen-bond donors (Lipinski definition) is 2. The van der Waals surface area contributed by atoms with Gasteiger partial charge >= 0.3 is 0 Å². The Morgan fingerprint density at radius 1 is 1.12 bits per heavy atom. The van der Waals surface area contributed by atoms with Crippen molar-refractivity contribution in [3.05, 3.63) is 71.0 Å². The highest BCUT2D eigenvalue weighted by Crippen LogP contribution is 2.33. The van der Waals surface area contributed by atoms with Gasteiger partial charge in [-0.1, -0.05) is 24.3 Å². The van der Waals surface area contributed by atoms with Gasteiger partial charge in [0.1, 0.15) is 11.8 Å². The summed E-state index contributed by atoms with van der Waals surface area (Å²) in [6.07, 6.45) is 9.27. The summed E-state index contributed by atoms with van der Waals surface area (Å²) in [5, 5.41) is 16.9. The molecule has 2 heterocycles. The first-order valence-electron chi connectivity index (χ1n) is 11.7. The lowest BCUT2D eigenvalue weighted by Crippen LogP contribution is -2.37. The standard InChI is InChI=1S/C27H29N3O2/c28-16-19-7-11-22-20(15-19)13-14-29-25(22)12-8-18-5-9-21(10-6-18)30-27(31)24-17-32-26-4-2-1-3-23(24)26/h1-4,7,11,15,17-18,21,25,29H,5-6,8-10,12-14H2,(H,30,31). The van der Waals surface area contributed by atoms with E-state index in [-0.39, 0.29) is 11.9 Å². The molecule has 2 N–H and O–H groups in total. The van der Waals surface area contributed by atoms with Crippen molar-refractivity contribution in [1.29, 1.82) is 5.26 Å². The molecule has 1 aromatic heterocycles. The number of para-hydroxylation sites is 1. The van der Waals surface area contributed by atoms with Crippen LogP contribution in [0, 0.1) is 17.2 Å². The Kier molecular flexibility index (Phi) is 5.96. The van der Waals surface area contributed by atoms with Crippen molar-refractivity contribution in [1.82, 2.24) is 10.6 Å². The van der Waals surface area contributed by atoms with Gasteiger partial charge in [-0.2, -0.15) is 5.26 Å². The zero-order chi connectivity index (χ0) is 21.9. The van der Waals surface area contributed by atoms with Gasteiger partial charge in [-0.05, 0) is 86.7 Å². The minimum atomic E-state index is -0.0295. The van der Waals surface area contributed by atoms with Crippen LogP contribution >= 0.6 is 0 Å². The van der Waals surface area contributed by atoms with Crippen molar-refractivity contribution in [2.45, 2.75) is 57.0 Å². The topological polar surface area (TPSA) is 78.1 Å². The molecule has 164 valence electrons. The highest BCUT2D eigenvalue weighted by atomic mass is 16.3. The summed E-state index contributed by atoms with van der Waals surface area (Å²) in [4.78, 5) is 12.8. The average Bonchev–Trinajstić information content (AvgIpc) is 3.27. The monoisotopic (exact) mass is 427 g/mol. The Labute approximate surface area is 188 Å². The van der Waals surface area contributed by atoms with Crippen LogP contribution in [0.3, 0.4) is 0 Å².